The number of hydrogen-bond acceptors (Lipinski definition) is 2. The normalized spacial score (nSPS) is 20.2. The minimum absolute atomic E-state index is 0.227. The summed E-state index contributed by atoms with van der Waals surface area (Å²) < 4.78 is 25.0. The predicted molar refractivity (Wildman–Crippen MR) is 59.9 cm³/mol. The van der Waals surface area contributed by atoms with Crippen molar-refractivity contribution >= 4 is 11.8 Å². The summed E-state index contributed by atoms with van der Waals surface area (Å²) in [5.41, 5.74) is 0.531. The molecule has 1 aliphatic heterocycles. The van der Waals surface area contributed by atoms with Gasteiger partial charge in [-0.05, 0) is 5.56 Å². The zero-order valence-electron chi connectivity index (χ0n) is 9.48. The van der Waals surface area contributed by atoms with Crippen LogP contribution in [-0.2, 0) is 9.59 Å². The van der Waals surface area contributed by atoms with Crippen LogP contribution in [0.5, 0.6) is 0 Å². The van der Waals surface area contributed by atoms with E-state index in [4.69, 9.17) is 0 Å². The lowest BCUT2D eigenvalue weighted by molar-refractivity contribution is -0.147. The Morgan fingerprint density at radius 2 is 1.94 bits per heavy atom. The molecule has 1 aliphatic rings. The Morgan fingerprint density at radius 1 is 1.28 bits per heavy atom. The summed E-state index contributed by atoms with van der Waals surface area (Å²) in [7, 11) is 0. The van der Waals surface area contributed by atoms with Gasteiger partial charge in [0, 0.05) is 0 Å². The van der Waals surface area contributed by atoms with Gasteiger partial charge >= 0.3 is 0 Å². The number of carbonyl (C=O) groups is 2. The van der Waals surface area contributed by atoms with Gasteiger partial charge in [-0.15, -0.1) is 0 Å². The maximum absolute atomic E-state index is 12.5. The highest BCUT2D eigenvalue weighted by Crippen LogP contribution is 2.24. The monoisotopic (exact) mass is 254 g/mol. The number of amides is 2. The maximum Gasteiger partial charge on any atom is 0.255 e. The molecule has 0 radical (unpaired) electrons. The second kappa shape index (κ2) is 5.12. The molecule has 1 atom stereocenters. The highest BCUT2D eigenvalue weighted by atomic mass is 19.3. The number of alkyl halides is 2. The van der Waals surface area contributed by atoms with E-state index in [1.165, 1.54) is 0 Å². The Balaban J connectivity index is 2.32. The Kier molecular flexibility index (Phi) is 3.55. The highest BCUT2D eigenvalue weighted by molar-refractivity contribution is 5.95. The lowest BCUT2D eigenvalue weighted by Gasteiger charge is -2.34. The quantitative estimate of drug-likeness (QED) is 0.873. The van der Waals surface area contributed by atoms with Crippen molar-refractivity contribution in [1.29, 1.82) is 0 Å². The van der Waals surface area contributed by atoms with E-state index in [1.54, 1.807) is 30.3 Å². The first-order valence-electron chi connectivity index (χ1n) is 5.50. The van der Waals surface area contributed by atoms with E-state index in [-0.39, 0.29) is 6.54 Å². The molecule has 2 amide bonds. The molecule has 1 N–H and O–H groups in total. The molecule has 1 unspecified atom stereocenters. The van der Waals surface area contributed by atoms with Crippen LogP contribution < -0.4 is 5.32 Å². The van der Waals surface area contributed by atoms with Crippen molar-refractivity contribution < 1.29 is 18.4 Å². The molecule has 2 rings (SSSR count). The molecule has 1 heterocycles. The summed E-state index contributed by atoms with van der Waals surface area (Å²) in [5.74, 6) is -0.926. The van der Waals surface area contributed by atoms with E-state index < -0.39 is 30.8 Å². The minimum Gasteiger partial charge on any atom is -0.345 e. The largest absolute Gasteiger partial charge is 0.345 e. The van der Waals surface area contributed by atoms with Crippen LogP contribution in [0.25, 0.3) is 0 Å². The molecule has 0 bridgehead atoms. The topological polar surface area (TPSA) is 49.4 Å². The molecular weight excluding hydrogens is 242 g/mol. The van der Waals surface area contributed by atoms with Crippen molar-refractivity contribution in [3.05, 3.63) is 35.9 Å². The molecule has 1 saturated heterocycles. The number of hydrogen-bond donors (Lipinski definition) is 1. The summed E-state index contributed by atoms with van der Waals surface area (Å²) in [5, 5.41) is 2.41. The molecule has 4 nitrogen and oxygen atoms in total. The third-order valence-corrected chi connectivity index (χ3v) is 2.74. The number of nitrogens with zero attached hydrogens (tertiary/aromatic N) is 1. The third-order valence-electron chi connectivity index (χ3n) is 2.74. The Bertz CT molecular complexity index is 451. The molecule has 96 valence electrons. The molecule has 0 aromatic heterocycles. The summed E-state index contributed by atoms with van der Waals surface area (Å²) in [6.07, 6.45) is -2.66. The first-order chi connectivity index (χ1) is 8.59. The molecule has 6 heteroatoms. The van der Waals surface area contributed by atoms with Gasteiger partial charge in [-0.25, -0.2) is 8.78 Å². The van der Waals surface area contributed by atoms with Crippen LogP contribution >= 0.6 is 0 Å². The number of carbonyl (C=O) groups excluding carboxylic acids is 2. The van der Waals surface area contributed by atoms with Gasteiger partial charge in [0.25, 0.3) is 6.43 Å². The summed E-state index contributed by atoms with van der Waals surface area (Å²) in [6, 6.07) is 7.46. The molecule has 1 fully saturated rings. The number of nitrogens with one attached hydrogen (secondary N) is 1. The predicted octanol–water partition coefficient (Wildman–Crippen LogP) is 0.951. The molecule has 0 saturated carbocycles. The minimum atomic E-state index is -2.66. The van der Waals surface area contributed by atoms with Crippen molar-refractivity contribution in [1.82, 2.24) is 10.2 Å². The summed E-state index contributed by atoms with van der Waals surface area (Å²) >= 11 is 0. The first kappa shape index (κ1) is 12.5. The Hall–Kier alpha value is -1.98. The van der Waals surface area contributed by atoms with E-state index in [1.807, 2.05) is 0 Å². The average molecular weight is 254 g/mol. The average Bonchev–Trinajstić information content (AvgIpc) is 2.35. The van der Waals surface area contributed by atoms with Crippen LogP contribution in [0.4, 0.5) is 8.78 Å². The summed E-state index contributed by atoms with van der Waals surface area (Å²) in [6.45, 7) is -0.958. The van der Waals surface area contributed by atoms with Gasteiger partial charge in [0.15, 0.2) is 0 Å². The first-order valence-corrected chi connectivity index (χ1v) is 5.50. The van der Waals surface area contributed by atoms with Gasteiger partial charge in [-0.1, -0.05) is 30.3 Å². The van der Waals surface area contributed by atoms with E-state index in [0.29, 0.717) is 5.56 Å². The summed E-state index contributed by atoms with van der Waals surface area (Å²) in [4.78, 5) is 24.3. The van der Waals surface area contributed by atoms with Crippen molar-refractivity contribution in [3.8, 4) is 0 Å². The van der Waals surface area contributed by atoms with Crippen LogP contribution in [0.2, 0.25) is 0 Å². The molecule has 0 aliphatic carbocycles. The zero-order valence-corrected chi connectivity index (χ0v) is 9.48. The number of benzene rings is 1. The van der Waals surface area contributed by atoms with Crippen LogP contribution in [0, 0.1) is 0 Å². The van der Waals surface area contributed by atoms with Gasteiger partial charge in [0.1, 0.15) is 6.04 Å². The van der Waals surface area contributed by atoms with Crippen molar-refractivity contribution in [3.63, 3.8) is 0 Å². The second-order valence-corrected chi connectivity index (χ2v) is 3.97. The number of rotatable bonds is 3. The van der Waals surface area contributed by atoms with Gasteiger partial charge in [0.2, 0.25) is 11.8 Å². The standard InChI is InChI=1S/C12H12F2N2O2/c13-9(14)7-16-10(17)6-15-12(18)11(16)8-4-2-1-3-5-8/h1-5,9,11H,6-7H2,(H,15,18). The van der Waals surface area contributed by atoms with Crippen LogP contribution in [-0.4, -0.2) is 36.2 Å². The number of halogens is 2. The van der Waals surface area contributed by atoms with Crippen LogP contribution in [0.15, 0.2) is 30.3 Å². The molecule has 18 heavy (non-hydrogen) atoms. The van der Waals surface area contributed by atoms with Crippen LogP contribution in [0.3, 0.4) is 0 Å². The lowest BCUT2D eigenvalue weighted by atomic mass is 10.0. The smallest absolute Gasteiger partial charge is 0.255 e. The van der Waals surface area contributed by atoms with E-state index in [0.717, 1.165) is 4.90 Å². The van der Waals surface area contributed by atoms with E-state index >= 15 is 0 Å². The van der Waals surface area contributed by atoms with Crippen LogP contribution in [0.1, 0.15) is 11.6 Å². The van der Waals surface area contributed by atoms with Crippen molar-refractivity contribution in [2.45, 2.75) is 12.5 Å². The Morgan fingerprint density at radius 3 is 2.56 bits per heavy atom. The third kappa shape index (κ3) is 2.47. The lowest BCUT2D eigenvalue weighted by Crippen LogP contribution is -2.54. The fourth-order valence-electron chi connectivity index (χ4n) is 1.97. The van der Waals surface area contributed by atoms with Gasteiger partial charge in [-0.3, -0.25) is 9.59 Å². The molecule has 0 spiro atoms. The van der Waals surface area contributed by atoms with E-state index in [9.17, 15) is 18.4 Å². The Labute approximate surface area is 103 Å². The highest BCUT2D eigenvalue weighted by Gasteiger charge is 2.36. The zero-order chi connectivity index (χ0) is 13.1. The SMILES string of the molecule is O=C1NCC(=O)N(CC(F)F)C1c1ccccc1. The van der Waals surface area contributed by atoms with Gasteiger partial charge in [-0.2, -0.15) is 0 Å². The molecule has 1 aromatic carbocycles. The van der Waals surface area contributed by atoms with E-state index in [2.05, 4.69) is 5.32 Å². The maximum atomic E-state index is 12.5. The van der Waals surface area contributed by atoms with Gasteiger partial charge < -0.3 is 10.2 Å². The van der Waals surface area contributed by atoms with Crippen molar-refractivity contribution in [2.24, 2.45) is 0 Å². The fraction of sp³-hybridized carbons (Fsp3) is 0.333. The van der Waals surface area contributed by atoms with Gasteiger partial charge in [0.05, 0.1) is 13.1 Å². The fourth-order valence-corrected chi connectivity index (χ4v) is 1.97. The second-order valence-electron chi connectivity index (χ2n) is 3.97. The molecule has 1 aromatic rings. The van der Waals surface area contributed by atoms with Crippen molar-refractivity contribution in [2.75, 3.05) is 13.1 Å². The number of piperazine rings is 1. The molecular formula is C12H12F2N2O2.